The Bertz CT molecular complexity index is 367. The van der Waals surface area contributed by atoms with Gasteiger partial charge in [-0.15, -0.1) is 0 Å². The molecule has 5 heteroatoms. The van der Waals surface area contributed by atoms with Crippen molar-refractivity contribution in [1.29, 1.82) is 5.41 Å². The standard InChI is InChI=1S/C11H18N4S/c1-8(7-16-3)15(2)10-6-4-5-9(14-10)11(12)13/h4-6,8H,7H2,1-3H3,(H3,12,13). The van der Waals surface area contributed by atoms with Gasteiger partial charge in [-0.2, -0.15) is 11.8 Å². The third-order valence-corrected chi connectivity index (χ3v) is 3.26. The number of pyridine rings is 1. The molecule has 1 unspecified atom stereocenters. The average molecular weight is 238 g/mol. The topological polar surface area (TPSA) is 66.0 Å². The zero-order valence-corrected chi connectivity index (χ0v) is 10.7. The summed E-state index contributed by atoms with van der Waals surface area (Å²) < 4.78 is 0. The van der Waals surface area contributed by atoms with Gasteiger partial charge in [0.25, 0.3) is 0 Å². The molecule has 0 aromatic carbocycles. The van der Waals surface area contributed by atoms with Crippen LogP contribution < -0.4 is 10.6 Å². The van der Waals surface area contributed by atoms with E-state index < -0.39 is 0 Å². The van der Waals surface area contributed by atoms with E-state index in [-0.39, 0.29) is 5.84 Å². The van der Waals surface area contributed by atoms with Crippen molar-refractivity contribution >= 4 is 23.4 Å². The van der Waals surface area contributed by atoms with Crippen molar-refractivity contribution in [3.63, 3.8) is 0 Å². The Balaban J connectivity index is 2.86. The molecule has 0 amide bonds. The van der Waals surface area contributed by atoms with Gasteiger partial charge in [-0.05, 0) is 25.3 Å². The Morgan fingerprint density at radius 3 is 2.88 bits per heavy atom. The zero-order chi connectivity index (χ0) is 12.1. The van der Waals surface area contributed by atoms with E-state index in [2.05, 4.69) is 23.1 Å². The van der Waals surface area contributed by atoms with Crippen LogP contribution in [0.2, 0.25) is 0 Å². The smallest absolute Gasteiger partial charge is 0.141 e. The first kappa shape index (κ1) is 12.8. The third-order valence-electron chi connectivity index (χ3n) is 2.44. The molecule has 0 spiro atoms. The summed E-state index contributed by atoms with van der Waals surface area (Å²) in [6.45, 7) is 2.15. The van der Waals surface area contributed by atoms with E-state index in [1.54, 1.807) is 17.8 Å². The van der Waals surface area contributed by atoms with E-state index in [4.69, 9.17) is 11.1 Å². The monoisotopic (exact) mass is 238 g/mol. The summed E-state index contributed by atoms with van der Waals surface area (Å²) in [4.78, 5) is 6.44. The first-order valence-electron chi connectivity index (χ1n) is 5.09. The maximum atomic E-state index is 7.35. The van der Waals surface area contributed by atoms with Crippen LogP contribution in [0, 0.1) is 5.41 Å². The van der Waals surface area contributed by atoms with Gasteiger partial charge in [0.15, 0.2) is 0 Å². The van der Waals surface area contributed by atoms with Gasteiger partial charge in [-0.25, -0.2) is 4.98 Å². The predicted octanol–water partition coefficient (Wildman–Crippen LogP) is 1.55. The fourth-order valence-electron chi connectivity index (χ4n) is 1.35. The number of hydrogen-bond donors (Lipinski definition) is 2. The summed E-state index contributed by atoms with van der Waals surface area (Å²) >= 11 is 1.81. The number of aromatic nitrogens is 1. The second kappa shape index (κ2) is 5.75. The quantitative estimate of drug-likeness (QED) is 0.603. The fourth-order valence-corrected chi connectivity index (χ4v) is 2.05. The number of nitrogens with zero attached hydrogens (tertiary/aromatic N) is 2. The van der Waals surface area contributed by atoms with Crippen LogP contribution in [0.3, 0.4) is 0 Å². The van der Waals surface area contributed by atoms with Crippen molar-refractivity contribution in [3.05, 3.63) is 23.9 Å². The van der Waals surface area contributed by atoms with Gasteiger partial charge in [-0.3, -0.25) is 5.41 Å². The van der Waals surface area contributed by atoms with Crippen molar-refractivity contribution in [2.75, 3.05) is 24.0 Å². The van der Waals surface area contributed by atoms with Gasteiger partial charge < -0.3 is 10.6 Å². The number of nitrogens with one attached hydrogen (secondary N) is 1. The molecule has 16 heavy (non-hydrogen) atoms. The molecule has 1 heterocycles. The molecule has 0 aliphatic rings. The SMILES string of the molecule is CSCC(C)N(C)c1cccc(C(=N)N)n1. The summed E-state index contributed by atoms with van der Waals surface area (Å²) in [5, 5.41) is 7.35. The van der Waals surface area contributed by atoms with Crippen LogP contribution >= 0.6 is 11.8 Å². The lowest BCUT2D eigenvalue weighted by Gasteiger charge is -2.25. The van der Waals surface area contributed by atoms with E-state index in [1.807, 2.05) is 19.2 Å². The van der Waals surface area contributed by atoms with Gasteiger partial charge in [-0.1, -0.05) is 6.07 Å². The molecule has 0 aliphatic heterocycles. The minimum atomic E-state index is 0.00719. The van der Waals surface area contributed by atoms with Gasteiger partial charge in [0, 0.05) is 18.8 Å². The second-order valence-corrected chi connectivity index (χ2v) is 4.62. The Hall–Kier alpha value is -1.23. The van der Waals surface area contributed by atoms with Crippen LogP contribution in [0.25, 0.3) is 0 Å². The molecule has 4 nitrogen and oxygen atoms in total. The second-order valence-electron chi connectivity index (χ2n) is 3.71. The number of rotatable bonds is 5. The number of nitrogens with two attached hydrogens (primary N) is 1. The lowest BCUT2D eigenvalue weighted by molar-refractivity contribution is 0.753. The van der Waals surface area contributed by atoms with Crippen molar-refractivity contribution in [2.24, 2.45) is 5.73 Å². The lowest BCUT2D eigenvalue weighted by Crippen LogP contribution is -2.32. The van der Waals surface area contributed by atoms with Gasteiger partial charge in [0.05, 0.1) is 0 Å². The van der Waals surface area contributed by atoms with Crippen LogP contribution in [-0.2, 0) is 0 Å². The highest BCUT2D eigenvalue weighted by molar-refractivity contribution is 7.98. The molecule has 1 rings (SSSR count). The minimum Gasteiger partial charge on any atom is -0.382 e. The highest BCUT2D eigenvalue weighted by Gasteiger charge is 2.11. The van der Waals surface area contributed by atoms with E-state index in [0.717, 1.165) is 11.6 Å². The highest BCUT2D eigenvalue weighted by atomic mass is 32.2. The first-order valence-corrected chi connectivity index (χ1v) is 6.49. The molecule has 0 saturated carbocycles. The number of nitrogen functional groups attached to an aromatic ring is 1. The van der Waals surface area contributed by atoms with E-state index in [0.29, 0.717) is 11.7 Å². The molecule has 0 saturated heterocycles. The predicted molar refractivity (Wildman–Crippen MR) is 71.5 cm³/mol. The third kappa shape index (κ3) is 3.13. The molecule has 0 bridgehead atoms. The number of thioether (sulfide) groups is 1. The summed E-state index contributed by atoms with van der Waals surface area (Å²) in [7, 11) is 2.01. The largest absolute Gasteiger partial charge is 0.382 e. The first-order chi connectivity index (χ1) is 7.56. The Labute approximate surface area is 101 Å². The molecule has 0 radical (unpaired) electrons. The molecule has 1 aromatic rings. The van der Waals surface area contributed by atoms with Gasteiger partial charge in [0.2, 0.25) is 0 Å². The molecule has 88 valence electrons. The fraction of sp³-hybridized carbons (Fsp3) is 0.455. The van der Waals surface area contributed by atoms with Crippen LogP contribution in [0.4, 0.5) is 5.82 Å². The van der Waals surface area contributed by atoms with Crippen LogP contribution in [0.15, 0.2) is 18.2 Å². The molecule has 1 atom stereocenters. The van der Waals surface area contributed by atoms with Crippen molar-refractivity contribution in [1.82, 2.24) is 4.98 Å². The summed E-state index contributed by atoms with van der Waals surface area (Å²) in [6, 6.07) is 5.97. The summed E-state index contributed by atoms with van der Waals surface area (Å²) in [5.41, 5.74) is 5.94. The number of hydrogen-bond acceptors (Lipinski definition) is 4. The molecule has 3 N–H and O–H groups in total. The van der Waals surface area contributed by atoms with E-state index in [1.165, 1.54) is 0 Å². The van der Waals surface area contributed by atoms with Crippen LogP contribution in [0.5, 0.6) is 0 Å². The van der Waals surface area contributed by atoms with Crippen molar-refractivity contribution in [3.8, 4) is 0 Å². The highest BCUT2D eigenvalue weighted by Crippen LogP contribution is 2.14. The molecule has 0 fully saturated rings. The maximum absolute atomic E-state index is 7.35. The van der Waals surface area contributed by atoms with Crippen molar-refractivity contribution in [2.45, 2.75) is 13.0 Å². The Morgan fingerprint density at radius 1 is 1.62 bits per heavy atom. The van der Waals surface area contributed by atoms with Crippen LogP contribution in [-0.4, -0.2) is 35.9 Å². The van der Waals surface area contributed by atoms with E-state index >= 15 is 0 Å². The maximum Gasteiger partial charge on any atom is 0.141 e. The Kier molecular flexibility index (Phi) is 4.61. The number of amidine groups is 1. The molecule has 1 aromatic heterocycles. The summed E-state index contributed by atoms with van der Waals surface area (Å²) in [6.07, 6.45) is 2.09. The van der Waals surface area contributed by atoms with E-state index in [9.17, 15) is 0 Å². The lowest BCUT2D eigenvalue weighted by atomic mass is 10.3. The molecule has 0 aliphatic carbocycles. The van der Waals surface area contributed by atoms with Crippen LogP contribution in [0.1, 0.15) is 12.6 Å². The molecular weight excluding hydrogens is 220 g/mol. The number of anilines is 1. The minimum absolute atomic E-state index is 0.00719. The summed E-state index contributed by atoms with van der Waals surface area (Å²) in [5.74, 6) is 1.91. The molecular formula is C11H18N4S. The zero-order valence-electron chi connectivity index (χ0n) is 9.90. The van der Waals surface area contributed by atoms with Gasteiger partial charge in [0.1, 0.15) is 17.3 Å². The Morgan fingerprint density at radius 2 is 2.31 bits per heavy atom. The normalized spacial score (nSPS) is 12.2. The average Bonchev–Trinajstić information content (AvgIpc) is 2.28. The van der Waals surface area contributed by atoms with Crippen molar-refractivity contribution < 1.29 is 0 Å². The van der Waals surface area contributed by atoms with Gasteiger partial charge >= 0.3 is 0 Å².